The third-order valence-electron chi connectivity index (χ3n) is 1.68. The number of carbonyl (C=O) groups is 4. The van der Waals surface area contributed by atoms with Crippen molar-refractivity contribution < 1.29 is 48.5 Å². The minimum absolute atomic E-state index is 0.263. The molecule has 2 rings (SSSR count). The summed E-state index contributed by atoms with van der Waals surface area (Å²) in [5.41, 5.74) is 0. The number of hydrogen-bond donors (Lipinski definition) is 0. The van der Waals surface area contributed by atoms with Gasteiger partial charge in [-0.3, -0.25) is 19.2 Å². The van der Waals surface area contributed by atoms with Gasteiger partial charge in [-0.15, -0.1) is 0 Å². The maximum absolute atomic E-state index is 10.0. The van der Waals surface area contributed by atoms with Crippen LogP contribution in [0.15, 0.2) is 0 Å². The topological polar surface area (TPSA) is 86.7 Å². The van der Waals surface area contributed by atoms with Crippen LogP contribution >= 0.6 is 8.93 Å². The van der Waals surface area contributed by atoms with Gasteiger partial charge < -0.3 is 9.47 Å². The Morgan fingerprint density at radius 1 is 0.833 bits per heavy atom. The summed E-state index contributed by atoms with van der Waals surface area (Å²) >= 11 is 0.527. The first kappa shape index (κ1) is 17.4. The van der Waals surface area contributed by atoms with E-state index < -0.39 is 23.9 Å². The SMILES string of the molecule is CS[I-]C.O=C1CCC(=O)O1.O=C1CCC(=O)O1. The maximum Gasteiger partial charge on any atom is 0.314 e. The molecule has 0 aromatic carbocycles. The Balaban J connectivity index is 0.000000253. The third-order valence-corrected chi connectivity index (χ3v) is 4.63. The number of cyclic esters (lactones) is 4. The van der Waals surface area contributed by atoms with E-state index in [1.54, 1.807) is 0 Å². The van der Waals surface area contributed by atoms with E-state index in [2.05, 4.69) is 20.7 Å². The number of rotatable bonds is 1. The van der Waals surface area contributed by atoms with Crippen molar-refractivity contribution in [2.45, 2.75) is 25.7 Å². The zero-order valence-electron chi connectivity index (χ0n) is 10.1. The second-order valence-corrected chi connectivity index (χ2v) is 8.90. The van der Waals surface area contributed by atoms with Crippen LogP contribution in [-0.2, 0) is 28.7 Å². The van der Waals surface area contributed by atoms with E-state index in [4.69, 9.17) is 0 Å². The second-order valence-electron chi connectivity index (χ2n) is 3.00. The number of esters is 4. The van der Waals surface area contributed by atoms with Gasteiger partial charge in [0.2, 0.25) is 0 Å². The molecule has 0 N–H and O–H groups in total. The molecule has 8 heteroatoms. The van der Waals surface area contributed by atoms with Gasteiger partial charge in [0.1, 0.15) is 0 Å². The molecule has 6 nitrogen and oxygen atoms in total. The van der Waals surface area contributed by atoms with Crippen molar-refractivity contribution in [2.24, 2.45) is 0 Å². The van der Waals surface area contributed by atoms with Crippen molar-refractivity contribution in [3.63, 3.8) is 0 Å². The van der Waals surface area contributed by atoms with Crippen LogP contribution in [0.25, 0.3) is 0 Å². The van der Waals surface area contributed by atoms with E-state index in [1.807, 2.05) is 8.93 Å². The van der Waals surface area contributed by atoms with Gasteiger partial charge in [-0.2, -0.15) is 0 Å². The molecule has 2 aliphatic heterocycles. The summed E-state index contributed by atoms with van der Waals surface area (Å²) < 4.78 is 8.17. The Hall–Kier alpha value is -0.640. The van der Waals surface area contributed by atoms with E-state index in [0.29, 0.717) is 19.8 Å². The maximum atomic E-state index is 10.0. The van der Waals surface area contributed by atoms with E-state index in [-0.39, 0.29) is 25.7 Å². The zero-order chi connectivity index (χ0) is 14.0. The first-order chi connectivity index (χ1) is 8.49. The molecular formula is C10H14IO6S-. The number of ether oxygens (including phenoxy) is 2. The van der Waals surface area contributed by atoms with E-state index in [9.17, 15) is 19.2 Å². The molecule has 0 aromatic rings. The van der Waals surface area contributed by atoms with Crippen molar-refractivity contribution in [1.82, 2.24) is 0 Å². The summed E-state index contributed by atoms with van der Waals surface area (Å²) in [5, 5.41) is 0. The monoisotopic (exact) mass is 389 g/mol. The van der Waals surface area contributed by atoms with Gasteiger partial charge >= 0.3 is 63.8 Å². The van der Waals surface area contributed by atoms with Crippen LogP contribution in [0.3, 0.4) is 0 Å². The first-order valence-corrected chi connectivity index (χ1v) is 10.9. The predicted octanol–water partition coefficient (Wildman–Crippen LogP) is -2.32. The smallest absolute Gasteiger partial charge is 0.314 e. The molecule has 0 aromatic heterocycles. The van der Waals surface area contributed by atoms with Crippen LogP contribution < -0.4 is 19.8 Å². The molecular weight excluding hydrogens is 375 g/mol. The molecule has 0 unspecified atom stereocenters. The molecule has 2 fully saturated rings. The van der Waals surface area contributed by atoms with Gasteiger partial charge in [0.25, 0.3) is 0 Å². The number of carbonyl (C=O) groups excluding carboxylic acids is 4. The molecule has 0 atom stereocenters. The van der Waals surface area contributed by atoms with Gasteiger partial charge in [-0.05, 0) is 0 Å². The fraction of sp³-hybridized carbons (Fsp3) is 0.600. The minimum atomic E-state index is -0.398. The Morgan fingerprint density at radius 3 is 1.11 bits per heavy atom. The van der Waals surface area contributed by atoms with E-state index in [0.717, 1.165) is 0 Å². The summed E-state index contributed by atoms with van der Waals surface area (Å²) in [4.78, 5) is 42.3. The number of hydrogen-bond acceptors (Lipinski definition) is 7. The van der Waals surface area contributed by atoms with E-state index >= 15 is 0 Å². The average molecular weight is 389 g/mol. The van der Waals surface area contributed by atoms with Crippen LogP contribution in [0.1, 0.15) is 25.7 Å². The molecule has 2 heterocycles. The molecule has 0 aliphatic carbocycles. The molecule has 104 valence electrons. The Morgan fingerprint density at radius 2 is 1.06 bits per heavy atom. The summed E-state index contributed by atoms with van der Waals surface area (Å²) in [6.45, 7) is 0. The Labute approximate surface area is 118 Å². The van der Waals surface area contributed by atoms with Crippen LogP contribution in [-0.4, -0.2) is 35.1 Å². The summed E-state index contributed by atoms with van der Waals surface area (Å²) in [5.74, 6) is -1.59. The van der Waals surface area contributed by atoms with Gasteiger partial charge in [-0.1, -0.05) is 0 Å². The average Bonchev–Trinajstić information content (AvgIpc) is 2.88. The number of halogens is 1. The van der Waals surface area contributed by atoms with E-state index in [1.165, 1.54) is 0 Å². The van der Waals surface area contributed by atoms with Crippen molar-refractivity contribution in [1.29, 1.82) is 0 Å². The predicted molar refractivity (Wildman–Crippen MR) is 60.1 cm³/mol. The number of alkyl halides is 1. The molecule has 0 spiro atoms. The molecule has 2 aliphatic rings. The summed E-state index contributed by atoms with van der Waals surface area (Å²) in [6, 6.07) is 0. The minimum Gasteiger partial charge on any atom is -0.393 e. The van der Waals surface area contributed by atoms with Gasteiger partial charge in [0, 0.05) is 0 Å². The fourth-order valence-electron chi connectivity index (χ4n) is 0.866. The zero-order valence-corrected chi connectivity index (χ0v) is 13.0. The van der Waals surface area contributed by atoms with Crippen molar-refractivity contribution in [3.8, 4) is 0 Å². The van der Waals surface area contributed by atoms with Crippen LogP contribution in [0, 0.1) is 0 Å². The normalized spacial score (nSPS) is 17.4. The molecule has 0 saturated carbocycles. The molecule has 0 bridgehead atoms. The fourth-order valence-corrected chi connectivity index (χ4v) is 0.866. The summed E-state index contributed by atoms with van der Waals surface area (Å²) in [6.07, 6.45) is 3.20. The Kier molecular flexibility index (Phi) is 9.93. The van der Waals surface area contributed by atoms with Gasteiger partial charge in [0.05, 0.1) is 25.7 Å². The standard InChI is InChI=1S/2C4H4O3.C2H6IS/c2*5-3-1-2-4(6)7-3;1-3-4-2/h2*1-2H2;1-2H3/q;;-1. The molecule has 18 heavy (non-hydrogen) atoms. The second kappa shape index (κ2) is 10.3. The molecule has 0 amide bonds. The van der Waals surface area contributed by atoms with Crippen molar-refractivity contribution in [2.75, 3.05) is 11.2 Å². The van der Waals surface area contributed by atoms with Crippen LogP contribution in [0.4, 0.5) is 0 Å². The van der Waals surface area contributed by atoms with Crippen LogP contribution in [0.5, 0.6) is 0 Å². The van der Waals surface area contributed by atoms with Crippen LogP contribution in [0.2, 0.25) is 0 Å². The Bertz CT molecular complexity index is 270. The quantitative estimate of drug-likeness (QED) is 0.216. The first-order valence-electron chi connectivity index (χ1n) is 4.99. The van der Waals surface area contributed by atoms with Gasteiger partial charge in [0.15, 0.2) is 0 Å². The van der Waals surface area contributed by atoms with Crippen molar-refractivity contribution in [3.05, 3.63) is 0 Å². The van der Waals surface area contributed by atoms with Gasteiger partial charge in [-0.25, -0.2) is 0 Å². The third kappa shape index (κ3) is 9.40. The van der Waals surface area contributed by atoms with Crippen molar-refractivity contribution >= 4 is 32.8 Å². The summed E-state index contributed by atoms with van der Waals surface area (Å²) in [7, 11) is 1.97. The molecule has 0 radical (unpaired) electrons. The molecule has 2 saturated heterocycles. The largest absolute Gasteiger partial charge is 0.393 e.